The van der Waals surface area contributed by atoms with Crippen LogP contribution >= 0.6 is 11.3 Å². The summed E-state index contributed by atoms with van der Waals surface area (Å²) in [6, 6.07) is 16.6. The van der Waals surface area contributed by atoms with Crippen LogP contribution in [0.15, 0.2) is 64.4 Å². The molecule has 3 aromatic rings. The highest BCUT2D eigenvalue weighted by Crippen LogP contribution is 2.13. The molecule has 0 saturated heterocycles. The molecule has 2 heterocycles. The van der Waals surface area contributed by atoms with Crippen LogP contribution in [0.25, 0.3) is 6.08 Å². The zero-order valence-electron chi connectivity index (χ0n) is 15.1. The first-order valence-electron chi connectivity index (χ1n) is 9.03. The van der Waals surface area contributed by atoms with Gasteiger partial charge in [-0.05, 0) is 42.3 Å². The fourth-order valence-electron chi connectivity index (χ4n) is 2.91. The molecule has 0 unspecified atom stereocenters. The summed E-state index contributed by atoms with van der Waals surface area (Å²) >= 11 is 1.42. The highest BCUT2D eigenvalue weighted by atomic mass is 32.1. The number of thiazole rings is 1. The van der Waals surface area contributed by atoms with Crippen molar-refractivity contribution >= 4 is 29.0 Å². The number of aromatic nitrogens is 1. The first-order valence-corrected chi connectivity index (χ1v) is 9.84. The van der Waals surface area contributed by atoms with Gasteiger partial charge in [0.2, 0.25) is 0 Å². The van der Waals surface area contributed by atoms with E-state index in [0.29, 0.717) is 10.3 Å². The zero-order chi connectivity index (χ0) is 19.3. The highest BCUT2D eigenvalue weighted by Gasteiger charge is 2.08. The Morgan fingerprint density at radius 2 is 1.96 bits per heavy atom. The molecule has 0 spiro atoms. The summed E-state index contributed by atoms with van der Waals surface area (Å²) in [5.74, 6) is 0.375. The second-order valence-corrected chi connectivity index (χ2v) is 7.37. The van der Waals surface area contributed by atoms with Crippen molar-refractivity contribution in [3.8, 4) is 5.75 Å². The Bertz CT molecular complexity index is 1150. The minimum Gasteiger partial charge on any atom is -0.484 e. The lowest BCUT2D eigenvalue weighted by atomic mass is 10.2. The van der Waals surface area contributed by atoms with Crippen LogP contribution in [0.2, 0.25) is 0 Å². The predicted molar refractivity (Wildman–Crippen MR) is 109 cm³/mol. The van der Waals surface area contributed by atoms with E-state index in [9.17, 15) is 9.59 Å². The number of rotatable bonds is 5. The highest BCUT2D eigenvalue weighted by molar-refractivity contribution is 7.07. The van der Waals surface area contributed by atoms with Gasteiger partial charge < -0.3 is 10.1 Å². The molecule has 1 N–H and O–H groups in total. The fraction of sp³-hybridized carbons (Fsp3) is 0.190. The minimum absolute atomic E-state index is 0.0151. The molecule has 7 heteroatoms. The third-order valence-corrected chi connectivity index (χ3v) is 5.32. The van der Waals surface area contributed by atoms with E-state index in [2.05, 4.69) is 10.3 Å². The molecule has 0 atom stereocenters. The Labute approximate surface area is 165 Å². The van der Waals surface area contributed by atoms with Gasteiger partial charge in [-0.25, -0.2) is 0 Å². The average molecular weight is 393 g/mol. The van der Waals surface area contributed by atoms with E-state index in [4.69, 9.17) is 4.74 Å². The second kappa shape index (κ2) is 8.22. The predicted octanol–water partition coefficient (Wildman–Crippen LogP) is 1.78. The number of nitrogens with one attached hydrogen (secondary N) is 1. The normalized spacial score (nSPS) is 13.5. The molecule has 1 amide bonds. The van der Waals surface area contributed by atoms with Crippen molar-refractivity contribution in [3.63, 3.8) is 0 Å². The monoisotopic (exact) mass is 393 g/mol. The van der Waals surface area contributed by atoms with Crippen LogP contribution in [0.5, 0.6) is 5.75 Å². The Balaban J connectivity index is 1.41. The van der Waals surface area contributed by atoms with Gasteiger partial charge >= 0.3 is 0 Å². The standard InChI is InChI=1S/C21H19N3O3S/c25-19(23-16-5-2-1-3-6-16)14-27-17-9-7-15(8-10-17)13-18-20(26)24-12-4-11-22-21(24)28-18/h1-3,5-10,13H,4,11-12,14H2,(H,23,25)/b18-13+. The SMILES string of the molecule is O=C(COc1ccc(/C=c2/sc3n(c2=O)CCCN=3)cc1)Nc1ccccc1. The average Bonchev–Trinajstić information content (AvgIpc) is 3.04. The van der Waals surface area contributed by atoms with Gasteiger partial charge in [0.1, 0.15) is 5.75 Å². The van der Waals surface area contributed by atoms with Gasteiger partial charge in [-0.1, -0.05) is 41.7 Å². The summed E-state index contributed by atoms with van der Waals surface area (Å²) in [4.78, 5) is 29.6. The van der Waals surface area contributed by atoms with Crippen LogP contribution in [0, 0.1) is 0 Å². The van der Waals surface area contributed by atoms with Crippen LogP contribution < -0.4 is 24.9 Å². The Kier molecular flexibility index (Phi) is 5.34. The molecule has 6 nitrogen and oxygen atoms in total. The van der Waals surface area contributed by atoms with Crippen LogP contribution in [-0.4, -0.2) is 23.6 Å². The van der Waals surface area contributed by atoms with E-state index >= 15 is 0 Å². The number of carbonyl (C=O) groups excluding carboxylic acids is 1. The number of nitrogens with zero attached hydrogens (tertiary/aromatic N) is 2. The molecule has 1 aliphatic heterocycles. The van der Waals surface area contributed by atoms with Crippen LogP contribution in [0.3, 0.4) is 0 Å². The number of hydrogen-bond acceptors (Lipinski definition) is 5. The number of para-hydroxylation sites is 1. The molecular formula is C21H19N3O3S. The van der Waals surface area contributed by atoms with Crippen LogP contribution in [-0.2, 0) is 11.3 Å². The number of ether oxygens (including phenoxy) is 1. The summed E-state index contributed by atoms with van der Waals surface area (Å²) in [6.45, 7) is 1.45. The van der Waals surface area contributed by atoms with Gasteiger partial charge in [0.25, 0.3) is 11.5 Å². The van der Waals surface area contributed by atoms with E-state index in [1.165, 1.54) is 11.3 Å². The van der Waals surface area contributed by atoms with Crippen molar-refractivity contribution in [2.45, 2.75) is 13.0 Å². The quantitative estimate of drug-likeness (QED) is 0.718. The van der Waals surface area contributed by atoms with E-state index in [1.807, 2.05) is 48.5 Å². The molecular weight excluding hydrogens is 374 g/mol. The van der Waals surface area contributed by atoms with Crippen molar-refractivity contribution in [3.05, 3.63) is 79.8 Å². The molecule has 2 aromatic carbocycles. The number of hydrogen-bond donors (Lipinski definition) is 1. The lowest BCUT2D eigenvalue weighted by molar-refractivity contribution is -0.118. The molecule has 0 radical (unpaired) electrons. The van der Waals surface area contributed by atoms with Crippen LogP contribution in [0.4, 0.5) is 5.69 Å². The Morgan fingerprint density at radius 1 is 1.18 bits per heavy atom. The number of anilines is 1. The van der Waals surface area contributed by atoms with E-state index in [-0.39, 0.29) is 18.1 Å². The molecule has 1 aliphatic rings. The summed E-state index contributed by atoms with van der Waals surface area (Å²) < 4.78 is 7.95. The number of amides is 1. The smallest absolute Gasteiger partial charge is 0.270 e. The third-order valence-electron chi connectivity index (χ3n) is 4.28. The third kappa shape index (κ3) is 4.20. The Morgan fingerprint density at radius 3 is 2.71 bits per heavy atom. The molecule has 142 valence electrons. The molecule has 0 bridgehead atoms. The van der Waals surface area contributed by atoms with Crippen molar-refractivity contribution < 1.29 is 9.53 Å². The summed E-state index contributed by atoms with van der Waals surface area (Å²) in [5.41, 5.74) is 1.65. The maximum Gasteiger partial charge on any atom is 0.270 e. The van der Waals surface area contributed by atoms with Crippen molar-refractivity contribution in [2.75, 3.05) is 18.5 Å². The fourth-order valence-corrected chi connectivity index (χ4v) is 3.94. The van der Waals surface area contributed by atoms with Gasteiger partial charge in [-0.15, -0.1) is 0 Å². The minimum atomic E-state index is -0.220. The maximum atomic E-state index is 12.4. The number of fused-ring (bicyclic) bond motifs is 1. The van der Waals surface area contributed by atoms with E-state index in [0.717, 1.165) is 35.6 Å². The van der Waals surface area contributed by atoms with E-state index < -0.39 is 0 Å². The molecule has 0 fully saturated rings. The molecule has 0 aliphatic carbocycles. The lowest BCUT2D eigenvalue weighted by Crippen LogP contribution is -2.33. The second-order valence-electron chi connectivity index (χ2n) is 6.36. The van der Waals surface area contributed by atoms with Gasteiger partial charge in [-0.3, -0.25) is 19.1 Å². The van der Waals surface area contributed by atoms with Crippen LogP contribution in [0.1, 0.15) is 12.0 Å². The molecule has 1 aromatic heterocycles. The zero-order valence-corrected chi connectivity index (χ0v) is 15.9. The molecule has 28 heavy (non-hydrogen) atoms. The van der Waals surface area contributed by atoms with Gasteiger partial charge in [0, 0.05) is 18.8 Å². The van der Waals surface area contributed by atoms with Gasteiger partial charge in [0.15, 0.2) is 11.4 Å². The summed E-state index contributed by atoms with van der Waals surface area (Å²) in [7, 11) is 0. The first kappa shape index (κ1) is 18.2. The number of carbonyl (C=O) groups is 1. The van der Waals surface area contributed by atoms with Gasteiger partial charge in [0.05, 0.1) is 4.53 Å². The molecule has 4 rings (SSSR count). The Hall–Kier alpha value is -3.19. The summed E-state index contributed by atoms with van der Waals surface area (Å²) in [6.07, 6.45) is 2.77. The maximum absolute atomic E-state index is 12.4. The van der Waals surface area contributed by atoms with Crippen molar-refractivity contribution in [2.24, 2.45) is 4.99 Å². The van der Waals surface area contributed by atoms with Crippen molar-refractivity contribution in [1.82, 2.24) is 4.57 Å². The number of benzene rings is 2. The summed E-state index contributed by atoms with van der Waals surface area (Å²) in [5, 5.41) is 2.77. The first-order chi connectivity index (χ1) is 13.7. The van der Waals surface area contributed by atoms with Crippen molar-refractivity contribution in [1.29, 1.82) is 0 Å². The van der Waals surface area contributed by atoms with Gasteiger partial charge in [-0.2, -0.15) is 0 Å². The topological polar surface area (TPSA) is 72.7 Å². The van der Waals surface area contributed by atoms with E-state index in [1.54, 1.807) is 16.7 Å². The molecule has 0 saturated carbocycles. The largest absolute Gasteiger partial charge is 0.484 e. The lowest BCUT2D eigenvalue weighted by Gasteiger charge is -2.07.